The first-order valence-electron chi connectivity index (χ1n) is 5.80. The number of H-pyrrole nitrogens is 1. The highest BCUT2D eigenvalue weighted by molar-refractivity contribution is 7.89. The van der Waals surface area contributed by atoms with Crippen LogP contribution in [0.2, 0.25) is 5.02 Å². The van der Waals surface area contributed by atoms with Crippen molar-refractivity contribution >= 4 is 21.6 Å². The third-order valence-electron chi connectivity index (χ3n) is 2.56. The van der Waals surface area contributed by atoms with Gasteiger partial charge in [0.2, 0.25) is 10.0 Å². The molecule has 1 aromatic carbocycles. The normalized spacial score (nSPS) is 11.7. The van der Waals surface area contributed by atoms with E-state index >= 15 is 0 Å². The Balaban J connectivity index is 2.21. The molecule has 1 heterocycles. The van der Waals surface area contributed by atoms with Crippen LogP contribution in [0.4, 0.5) is 0 Å². The molecule has 0 unspecified atom stereocenters. The van der Waals surface area contributed by atoms with Crippen LogP contribution in [0.15, 0.2) is 29.4 Å². The number of aromatic amines is 1. The fourth-order valence-electron chi connectivity index (χ4n) is 1.62. The predicted octanol–water partition coefficient (Wildman–Crippen LogP) is 0.656. The van der Waals surface area contributed by atoms with Gasteiger partial charge >= 0.3 is 0 Å². The number of rotatable bonds is 6. The molecule has 0 atom stereocenters. The molecule has 1 aromatic heterocycles. The minimum absolute atomic E-state index is 0.0227. The zero-order chi connectivity index (χ0) is 14.6. The van der Waals surface area contributed by atoms with Crippen LogP contribution < -0.4 is 10.0 Å². The summed E-state index contributed by atoms with van der Waals surface area (Å²) in [6.45, 7) is 0.580. The molecule has 0 bridgehead atoms. The lowest BCUT2D eigenvalue weighted by atomic mass is 10.2. The molecule has 3 N–H and O–H groups in total. The molecule has 0 saturated carbocycles. The summed E-state index contributed by atoms with van der Waals surface area (Å²) in [7, 11) is -1.92. The van der Waals surface area contributed by atoms with Crippen molar-refractivity contribution in [3.05, 3.63) is 40.9 Å². The molecule has 0 amide bonds. The minimum atomic E-state index is -3.71. The molecule has 2 rings (SSSR count). The first-order chi connectivity index (χ1) is 9.53. The van der Waals surface area contributed by atoms with Crippen LogP contribution in [-0.2, 0) is 23.1 Å². The Morgan fingerprint density at radius 1 is 1.35 bits per heavy atom. The van der Waals surface area contributed by atoms with Crippen molar-refractivity contribution in [1.29, 1.82) is 0 Å². The fourth-order valence-corrected chi connectivity index (χ4v) is 3.16. The Bertz CT molecular complexity index is 672. The van der Waals surface area contributed by atoms with Gasteiger partial charge < -0.3 is 5.32 Å². The van der Waals surface area contributed by atoms with Gasteiger partial charge in [-0.3, -0.25) is 5.10 Å². The lowest BCUT2D eigenvalue weighted by Crippen LogP contribution is -2.24. The largest absolute Gasteiger partial charge is 0.316 e. The highest BCUT2D eigenvalue weighted by Gasteiger charge is 2.18. The van der Waals surface area contributed by atoms with E-state index in [0.717, 1.165) is 5.56 Å². The van der Waals surface area contributed by atoms with E-state index in [1.54, 1.807) is 25.2 Å². The van der Waals surface area contributed by atoms with Gasteiger partial charge in [-0.2, -0.15) is 5.10 Å². The van der Waals surface area contributed by atoms with Crippen LogP contribution in [0.25, 0.3) is 0 Å². The Hall–Kier alpha value is -1.48. The number of hydrogen-bond acceptors (Lipinski definition) is 5. The van der Waals surface area contributed by atoms with E-state index in [9.17, 15) is 8.42 Å². The quantitative estimate of drug-likeness (QED) is 0.727. The molecule has 0 saturated heterocycles. The summed E-state index contributed by atoms with van der Waals surface area (Å²) in [4.78, 5) is 3.89. The third-order valence-corrected chi connectivity index (χ3v) is 4.44. The summed E-state index contributed by atoms with van der Waals surface area (Å²) in [5.74, 6) is 0.427. The van der Waals surface area contributed by atoms with Crippen molar-refractivity contribution in [2.75, 3.05) is 7.05 Å². The maximum Gasteiger partial charge on any atom is 0.242 e. The monoisotopic (exact) mass is 315 g/mol. The summed E-state index contributed by atoms with van der Waals surface area (Å²) >= 11 is 5.97. The standard InChI is InChI=1S/C11H14ClN5O2S/c1-13-5-8-2-3-9(12)10(4-8)20(18,19)16-6-11-14-7-15-17-11/h2-4,7,13,16H,5-6H2,1H3,(H,14,15,17). The smallest absolute Gasteiger partial charge is 0.242 e. The lowest BCUT2D eigenvalue weighted by molar-refractivity contribution is 0.579. The van der Waals surface area contributed by atoms with E-state index in [2.05, 4.69) is 25.2 Å². The Labute approximate surface area is 121 Å². The van der Waals surface area contributed by atoms with E-state index in [-0.39, 0.29) is 16.5 Å². The highest BCUT2D eigenvalue weighted by Crippen LogP contribution is 2.22. The van der Waals surface area contributed by atoms with Crippen LogP contribution in [0, 0.1) is 0 Å². The number of aromatic nitrogens is 3. The van der Waals surface area contributed by atoms with Gasteiger partial charge in [-0.05, 0) is 24.7 Å². The highest BCUT2D eigenvalue weighted by atomic mass is 35.5. The maximum absolute atomic E-state index is 12.2. The van der Waals surface area contributed by atoms with E-state index in [1.165, 1.54) is 6.33 Å². The van der Waals surface area contributed by atoms with E-state index < -0.39 is 10.0 Å². The van der Waals surface area contributed by atoms with Crippen molar-refractivity contribution in [1.82, 2.24) is 25.2 Å². The number of hydrogen-bond donors (Lipinski definition) is 3. The first-order valence-corrected chi connectivity index (χ1v) is 7.66. The maximum atomic E-state index is 12.2. The first kappa shape index (κ1) is 14.9. The van der Waals surface area contributed by atoms with Gasteiger partial charge in [-0.25, -0.2) is 18.1 Å². The molecule has 9 heteroatoms. The lowest BCUT2D eigenvalue weighted by Gasteiger charge is -2.09. The average Bonchev–Trinajstić information content (AvgIpc) is 2.92. The molecule has 0 spiro atoms. The van der Waals surface area contributed by atoms with Crippen molar-refractivity contribution in [3.8, 4) is 0 Å². The predicted molar refractivity (Wildman–Crippen MR) is 74.6 cm³/mol. The zero-order valence-electron chi connectivity index (χ0n) is 10.7. The van der Waals surface area contributed by atoms with Gasteiger partial charge in [0.25, 0.3) is 0 Å². The van der Waals surface area contributed by atoms with Gasteiger partial charge in [-0.1, -0.05) is 17.7 Å². The third kappa shape index (κ3) is 3.54. The summed E-state index contributed by atoms with van der Waals surface area (Å²) in [5, 5.41) is 9.35. The van der Waals surface area contributed by atoms with Gasteiger partial charge in [0.15, 0.2) is 0 Å². The van der Waals surface area contributed by atoms with Crippen molar-refractivity contribution in [3.63, 3.8) is 0 Å². The molecule has 108 valence electrons. The molecular formula is C11H14ClN5O2S. The zero-order valence-corrected chi connectivity index (χ0v) is 12.3. The topological polar surface area (TPSA) is 99.8 Å². The van der Waals surface area contributed by atoms with Crippen molar-refractivity contribution in [2.45, 2.75) is 18.0 Å². The fraction of sp³-hybridized carbons (Fsp3) is 0.273. The molecule has 20 heavy (non-hydrogen) atoms. The minimum Gasteiger partial charge on any atom is -0.316 e. The number of halogens is 1. The molecular weight excluding hydrogens is 302 g/mol. The van der Waals surface area contributed by atoms with Crippen LogP contribution in [0.5, 0.6) is 0 Å². The van der Waals surface area contributed by atoms with E-state index in [4.69, 9.17) is 11.6 Å². The molecule has 0 aliphatic rings. The summed E-state index contributed by atoms with van der Waals surface area (Å²) in [6, 6.07) is 4.88. The van der Waals surface area contributed by atoms with Crippen LogP contribution in [0.1, 0.15) is 11.4 Å². The number of nitrogens with zero attached hydrogens (tertiary/aromatic N) is 2. The van der Waals surface area contributed by atoms with Gasteiger partial charge in [0.1, 0.15) is 17.0 Å². The number of benzene rings is 1. The van der Waals surface area contributed by atoms with Crippen molar-refractivity contribution in [2.24, 2.45) is 0 Å². The van der Waals surface area contributed by atoms with Gasteiger partial charge in [0, 0.05) is 6.54 Å². The van der Waals surface area contributed by atoms with Crippen molar-refractivity contribution < 1.29 is 8.42 Å². The van der Waals surface area contributed by atoms with Crippen LogP contribution >= 0.6 is 11.6 Å². The Morgan fingerprint density at radius 3 is 2.80 bits per heavy atom. The Kier molecular flexibility index (Phi) is 4.71. The second-order valence-corrected chi connectivity index (χ2v) is 6.19. The Morgan fingerprint density at radius 2 is 2.15 bits per heavy atom. The molecule has 2 aromatic rings. The number of sulfonamides is 1. The second-order valence-electron chi connectivity index (χ2n) is 4.05. The molecule has 0 radical (unpaired) electrons. The molecule has 0 fully saturated rings. The summed E-state index contributed by atoms with van der Waals surface area (Å²) in [5.41, 5.74) is 0.831. The van der Waals surface area contributed by atoms with Gasteiger partial charge in [0.05, 0.1) is 11.6 Å². The SMILES string of the molecule is CNCc1ccc(Cl)c(S(=O)(=O)NCc2ncn[nH]2)c1. The summed E-state index contributed by atoms with van der Waals surface area (Å²) in [6.07, 6.45) is 1.31. The molecule has 0 aliphatic heterocycles. The van der Waals surface area contributed by atoms with Crippen LogP contribution in [0.3, 0.4) is 0 Å². The number of nitrogens with one attached hydrogen (secondary N) is 3. The molecule has 0 aliphatic carbocycles. The van der Waals surface area contributed by atoms with E-state index in [1.807, 2.05) is 0 Å². The molecule has 7 nitrogen and oxygen atoms in total. The average molecular weight is 316 g/mol. The second kappa shape index (κ2) is 6.31. The van der Waals surface area contributed by atoms with Crippen LogP contribution in [-0.4, -0.2) is 30.6 Å². The van der Waals surface area contributed by atoms with E-state index in [0.29, 0.717) is 12.4 Å². The van der Waals surface area contributed by atoms with Gasteiger partial charge in [-0.15, -0.1) is 0 Å². The summed E-state index contributed by atoms with van der Waals surface area (Å²) < 4.78 is 26.9.